The number of hydrogen-bond acceptors (Lipinski definition) is 7. The topological polar surface area (TPSA) is 129 Å². The van der Waals surface area contributed by atoms with E-state index in [0.29, 0.717) is 5.56 Å². The van der Waals surface area contributed by atoms with Gasteiger partial charge in [-0.25, -0.2) is 8.78 Å². The van der Waals surface area contributed by atoms with E-state index in [1.807, 2.05) is 0 Å². The summed E-state index contributed by atoms with van der Waals surface area (Å²) in [6, 6.07) is 4.77. The highest BCUT2D eigenvalue weighted by Gasteiger charge is 2.28. The molecule has 1 heterocycles. The first kappa shape index (κ1) is 20.2. The van der Waals surface area contributed by atoms with Gasteiger partial charge in [0, 0.05) is 24.1 Å². The molecule has 0 atom stereocenters. The van der Waals surface area contributed by atoms with E-state index in [4.69, 9.17) is 4.42 Å². The van der Waals surface area contributed by atoms with Crippen LogP contribution in [0.25, 0.3) is 22.3 Å². The van der Waals surface area contributed by atoms with Crippen LogP contribution < -0.4 is 9.50 Å². The lowest BCUT2D eigenvalue weighted by Crippen LogP contribution is -2.18. The van der Waals surface area contributed by atoms with Crippen LogP contribution in [0, 0.1) is 15.9 Å². The number of alkyl halides is 1. The van der Waals surface area contributed by atoms with E-state index in [9.17, 15) is 32.1 Å². The molecule has 0 spiro atoms. The molecular weight excluding hydrogens is 414 g/mol. The zero-order valence-corrected chi connectivity index (χ0v) is 15.5. The summed E-state index contributed by atoms with van der Waals surface area (Å²) in [5.41, 5.74) is -0.730. The number of rotatable bonds is 6. The van der Waals surface area contributed by atoms with Gasteiger partial charge in [0.2, 0.25) is 11.8 Å². The Labute approximate surface area is 162 Å². The van der Waals surface area contributed by atoms with Gasteiger partial charge in [-0.1, -0.05) is 0 Å². The van der Waals surface area contributed by atoms with E-state index in [2.05, 4.69) is 9.50 Å². The largest absolute Gasteiger partial charge is 0.455 e. The molecule has 29 heavy (non-hydrogen) atoms. The maximum atomic E-state index is 13.2. The molecule has 0 radical (unpaired) electrons. The molecule has 0 aliphatic carbocycles. The maximum absolute atomic E-state index is 13.2. The highest BCUT2D eigenvalue weighted by atomic mass is 32.2. The van der Waals surface area contributed by atoms with Crippen LogP contribution in [0.1, 0.15) is 10.4 Å². The average Bonchev–Trinajstić information content (AvgIpc) is 3.05. The lowest BCUT2D eigenvalue weighted by molar-refractivity contribution is -0.385. The maximum Gasteiger partial charge on any atom is 0.339 e. The predicted molar refractivity (Wildman–Crippen MR) is 97.2 cm³/mol. The Morgan fingerprint density at radius 1 is 1.28 bits per heavy atom. The molecule has 3 aromatic rings. The molecule has 3 rings (SSSR count). The number of nitro benzene ring substituents is 1. The number of furan rings is 1. The zero-order valence-electron chi connectivity index (χ0n) is 14.6. The standard InChI is InChI=1S/C17H12F2N2O7S/c1-20-17(22)15-11-6-14(28-29(25,26)8-18)12(21(23)24)7-13(11)27-16(15)9-2-4-10(19)5-3-9/h2-7H,8H2,1H3,(H,20,22). The molecule has 1 N–H and O–H groups in total. The summed E-state index contributed by atoms with van der Waals surface area (Å²) in [5.74, 6) is -2.00. The van der Waals surface area contributed by atoms with Crippen molar-refractivity contribution in [3.63, 3.8) is 0 Å². The first-order valence-corrected chi connectivity index (χ1v) is 9.45. The van der Waals surface area contributed by atoms with Crippen molar-refractivity contribution < 1.29 is 35.5 Å². The van der Waals surface area contributed by atoms with E-state index in [-0.39, 0.29) is 22.3 Å². The lowest BCUT2D eigenvalue weighted by atomic mass is 10.0. The van der Waals surface area contributed by atoms with Gasteiger partial charge >= 0.3 is 15.8 Å². The molecule has 0 saturated heterocycles. The van der Waals surface area contributed by atoms with E-state index in [1.54, 1.807) is 0 Å². The number of hydrogen-bond donors (Lipinski definition) is 1. The van der Waals surface area contributed by atoms with Gasteiger partial charge in [0.25, 0.3) is 5.91 Å². The molecular formula is C17H12F2N2O7S. The third-order valence-electron chi connectivity index (χ3n) is 3.88. The van der Waals surface area contributed by atoms with Crippen molar-refractivity contribution >= 4 is 32.7 Å². The summed E-state index contributed by atoms with van der Waals surface area (Å²) in [4.78, 5) is 22.8. The van der Waals surface area contributed by atoms with Crippen LogP contribution in [0.3, 0.4) is 0 Å². The summed E-state index contributed by atoms with van der Waals surface area (Å²) in [6.07, 6.45) is 0. The van der Waals surface area contributed by atoms with Crippen LogP contribution in [-0.4, -0.2) is 32.3 Å². The summed E-state index contributed by atoms with van der Waals surface area (Å²) in [5, 5.41) is 13.7. The van der Waals surface area contributed by atoms with Gasteiger partial charge in [0.1, 0.15) is 17.2 Å². The predicted octanol–water partition coefficient (Wildman–Crippen LogP) is 3.14. The first-order valence-electron chi connectivity index (χ1n) is 7.88. The second-order valence-electron chi connectivity index (χ2n) is 5.72. The molecule has 0 aliphatic rings. The Balaban J connectivity index is 2.33. The monoisotopic (exact) mass is 426 g/mol. The van der Waals surface area contributed by atoms with Gasteiger partial charge in [-0.05, 0) is 24.3 Å². The van der Waals surface area contributed by atoms with Crippen LogP contribution in [0.4, 0.5) is 14.5 Å². The van der Waals surface area contributed by atoms with E-state index in [0.717, 1.165) is 24.3 Å². The number of nitrogens with zero attached hydrogens (tertiary/aromatic N) is 1. The van der Waals surface area contributed by atoms with Gasteiger partial charge in [-0.2, -0.15) is 8.42 Å². The van der Waals surface area contributed by atoms with Crippen molar-refractivity contribution in [1.29, 1.82) is 0 Å². The Bertz CT molecular complexity index is 1220. The van der Waals surface area contributed by atoms with Crippen molar-refractivity contribution in [1.82, 2.24) is 5.32 Å². The molecule has 9 nitrogen and oxygen atoms in total. The number of carbonyl (C=O) groups excluding carboxylic acids is 1. The summed E-state index contributed by atoms with van der Waals surface area (Å²) < 4.78 is 58.8. The number of fused-ring (bicyclic) bond motifs is 1. The normalized spacial score (nSPS) is 11.4. The summed E-state index contributed by atoms with van der Waals surface area (Å²) >= 11 is 0. The average molecular weight is 426 g/mol. The molecule has 1 amide bonds. The zero-order chi connectivity index (χ0) is 21.3. The summed E-state index contributed by atoms with van der Waals surface area (Å²) in [6.45, 7) is 0. The van der Waals surface area contributed by atoms with Crippen LogP contribution >= 0.6 is 0 Å². The smallest absolute Gasteiger partial charge is 0.339 e. The number of nitrogens with one attached hydrogen (secondary N) is 1. The van der Waals surface area contributed by atoms with Crippen molar-refractivity contribution in [2.45, 2.75) is 0 Å². The third kappa shape index (κ3) is 3.87. The van der Waals surface area contributed by atoms with Crippen LogP contribution in [0.2, 0.25) is 0 Å². The third-order valence-corrected chi connectivity index (χ3v) is 4.58. The molecule has 1 aromatic heterocycles. The molecule has 0 aliphatic heterocycles. The van der Waals surface area contributed by atoms with Crippen LogP contribution in [0.5, 0.6) is 5.75 Å². The molecule has 0 unspecified atom stereocenters. The fourth-order valence-electron chi connectivity index (χ4n) is 2.64. The molecule has 12 heteroatoms. The van der Waals surface area contributed by atoms with Gasteiger partial charge in [0.15, 0.2) is 0 Å². The van der Waals surface area contributed by atoms with Gasteiger partial charge < -0.3 is 13.9 Å². The minimum atomic E-state index is -4.73. The van der Waals surface area contributed by atoms with Gasteiger partial charge in [0.05, 0.1) is 16.6 Å². The first-order chi connectivity index (χ1) is 13.7. The molecule has 0 bridgehead atoms. The fraction of sp³-hybridized carbons (Fsp3) is 0.118. The van der Waals surface area contributed by atoms with Crippen molar-refractivity contribution in [2.24, 2.45) is 0 Å². The second kappa shape index (κ2) is 7.47. The van der Waals surface area contributed by atoms with E-state index in [1.165, 1.54) is 19.2 Å². The summed E-state index contributed by atoms with van der Waals surface area (Å²) in [7, 11) is -3.40. The van der Waals surface area contributed by atoms with E-state index >= 15 is 0 Å². The number of halogens is 2. The number of carbonyl (C=O) groups is 1. The Morgan fingerprint density at radius 2 is 1.93 bits per heavy atom. The van der Waals surface area contributed by atoms with Crippen molar-refractivity contribution in [3.8, 4) is 17.1 Å². The van der Waals surface area contributed by atoms with Crippen molar-refractivity contribution in [3.05, 3.63) is 57.9 Å². The van der Waals surface area contributed by atoms with Gasteiger partial charge in [-0.3, -0.25) is 14.9 Å². The minimum absolute atomic E-state index is 0.0154. The Kier molecular flexibility index (Phi) is 5.20. The molecule has 2 aromatic carbocycles. The lowest BCUT2D eigenvalue weighted by Gasteiger charge is -2.05. The number of amides is 1. The molecule has 0 saturated carbocycles. The van der Waals surface area contributed by atoms with Gasteiger partial charge in [-0.15, -0.1) is 0 Å². The molecule has 152 valence electrons. The van der Waals surface area contributed by atoms with Crippen LogP contribution in [0.15, 0.2) is 40.8 Å². The number of nitro groups is 1. The van der Waals surface area contributed by atoms with Crippen molar-refractivity contribution in [2.75, 3.05) is 13.1 Å². The van der Waals surface area contributed by atoms with E-state index < -0.39 is 44.2 Å². The number of benzene rings is 2. The SMILES string of the molecule is CNC(=O)c1c(-c2ccc(F)cc2)oc2cc([N+](=O)[O-])c(OS(=O)(=O)CF)cc12. The highest BCUT2D eigenvalue weighted by Crippen LogP contribution is 2.40. The molecule has 0 fully saturated rings. The Morgan fingerprint density at radius 3 is 2.48 bits per heavy atom. The quantitative estimate of drug-likeness (QED) is 0.364. The minimum Gasteiger partial charge on any atom is -0.455 e. The van der Waals surface area contributed by atoms with Crippen LogP contribution in [-0.2, 0) is 10.1 Å². The Hall–Kier alpha value is -3.54. The highest BCUT2D eigenvalue weighted by molar-refractivity contribution is 7.86. The fourth-order valence-corrected chi connectivity index (χ4v) is 3.09. The second-order valence-corrected chi connectivity index (χ2v) is 7.22.